The highest BCUT2D eigenvalue weighted by Gasteiger charge is 2.18. The molecule has 21 heavy (non-hydrogen) atoms. The maximum absolute atomic E-state index is 10.9. The Balaban J connectivity index is 1.97. The van der Waals surface area contributed by atoms with Crippen LogP contribution in [-0.4, -0.2) is 42.2 Å². The summed E-state index contributed by atoms with van der Waals surface area (Å²) in [5.74, 6) is 0.164. The standard InChI is InChI=1S/C13H17N3O5/c14-13(17)21-12-4-3-10(9-11(12)16(18)19)20-8-7-15-5-1-2-6-15/h3-4,9H,1-2,5-8H2,(H2,14,17). The van der Waals surface area contributed by atoms with Gasteiger partial charge in [-0.1, -0.05) is 0 Å². The van der Waals surface area contributed by atoms with Crippen LogP contribution in [0.4, 0.5) is 10.5 Å². The molecular formula is C13H17N3O5. The minimum atomic E-state index is -1.10. The zero-order valence-corrected chi connectivity index (χ0v) is 11.5. The summed E-state index contributed by atoms with van der Waals surface area (Å²) in [5.41, 5.74) is 4.51. The van der Waals surface area contributed by atoms with Crippen LogP contribution in [0.5, 0.6) is 11.5 Å². The number of hydrogen-bond donors (Lipinski definition) is 1. The lowest BCUT2D eigenvalue weighted by Crippen LogP contribution is -2.25. The van der Waals surface area contributed by atoms with E-state index in [9.17, 15) is 14.9 Å². The predicted molar refractivity (Wildman–Crippen MR) is 74.5 cm³/mol. The number of rotatable bonds is 6. The van der Waals surface area contributed by atoms with Crippen LogP contribution in [-0.2, 0) is 0 Å². The average molecular weight is 295 g/mol. The van der Waals surface area contributed by atoms with Crippen LogP contribution in [0, 0.1) is 10.1 Å². The molecule has 2 N–H and O–H groups in total. The lowest BCUT2D eigenvalue weighted by Gasteiger charge is -2.15. The highest BCUT2D eigenvalue weighted by molar-refractivity contribution is 5.70. The third-order valence-corrected chi connectivity index (χ3v) is 3.21. The Morgan fingerprint density at radius 3 is 2.71 bits per heavy atom. The molecule has 0 saturated carbocycles. The fourth-order valence-electron chi connectivity index (χ4n) is 2.22. The zero-order chi connectivity index (χ0) is 15.2. The van der Waals surface area contributed by atoms with Crippen molar-refractivity contribution in [2.45, 2.75) is 12.8 Å². The Bertz CT molecular complexity index is 529. The van der Waals surface area contributed by atoms with E-state index in [1.807, 2.05) is 0 Å². The summed E-state index contributed by atoms with van der Waals surface area (Å²) in [7, 11) is 0. The molecule has 1 fully saturated rings. The quantitative estimate of drug-likeness (QED) is 0.629. The summed E-state index contributed by atoms with van der Waals surface area (Å²) in [5, 5.41) is 10.9. The molecule has 0 bridgehead atoms. The van der Waals surface area contributed by atoms with Gasteiger partial charge < -0.3 is 15.2 Å². The van der Waals surface area contributed by atoms with Gasteiger partial charge in [0.15, 0.2) is 0 Å². The molecule has 1 saturated heterocycles. The predicted octanol–water partition coefficient (Wildman–Crippen LogP) is 1.53. The number of nitrogens with zero attached hydrogens (tertiary/aromatic N) is 2. The normalized spacial score (nSPS) is 14.9. The molecule has 0 aromatic heterocycles. The highest BCUT2D eigenvalue weighted by atomic mass is 16.6. The maximum atomic E-state index is 10.9. The van der Waals surface area contributed by atoms with Gasteiger partial charge in [-0.25, -0.2) is 4.79 Å². The van der Waals surface area contributed by atoms with E-state index in [1.165, 1.54) is 31.0 Å². The highest BCUT2D eigenvalue weighted by Crippen LogP contribution is 2.31. The number of primary amides is 1. The first-order valence-electron chi connectivity index (χ1n) is 6.67. The number of likely N-dealkylation sites (tertiary alicyclic amines) is 1. The van der Waals surface area contributed by atoms with Gasteiger partial charge >= 0.3 is 11.8 Å². The van der Waals surface area contributed by atoms with Crippen molar-refractivity contribution in [3.05, 3.63) is 28.3 Å². The number of carbonyl (C=O) groups is 1. The number of amides is 1. The number of benzene rings is 1. The molecule has 0 spiro atoms. The second-order valence-corrected chi connectivity index (χ2v) is 4.70. The summed E-state index contributed by atoms with van der Waals surface area (Å²) >= 11 is 0. The molecule has 1 aromatic carbocycles. The SMILES string of the molecule is NC(=O)Oc1ccc(OCCN2CCCC2)cc1[N+](=O)[O-]. The van der Waals surface area contributed by atoms with E-state index >= 15 is 0 Å². The Labute approximate surface area is 121 Å². The molecule has 1 aliphatic rings. The van der Waals surface area contributed by atoms with Crippen molar-refractivity contribution in [3.8, 4) is 11.5 Å². The fourth-order valence-corrected chi connectivity index (χ4v) is 2.22. The number of carbonyl (C=O) groups excluding carboxylic acids is 1. The van der Waals surface area contributed by atoms with Crippen LogP contribution in [0.1, 0.15) is 12.8 Å². The summed E-state index contributed by atoms with van der Waals surface area (Å²) in [4.78, 5) is 23.3. The first-order valence-corrected chi connectivity index (χ1v) is 6.67. The van der Waals surface area contributed by atoms with E-state index in [-0.39, 0.29) is 11.4 Å². The molecule has 1 amide bonds. The van der Waals surface area contributed by atoms with Gasteiger partial charge in [-0.2, -0.15) is 0 Å². The molecule has 0 unspecified atom stereocenters. The van der Waals surface area contributed by atoms with E-state index < -0.39 is 11.0 Å². The Morgan fingerprint density at radius 1 is 1.38 bits per heavy atom. The lowest BCUT2D eigenvalue weighted by atomic mass is 10.3. The van der Waals surface area contributed by atoms with Gasteiger partial charge in [0.05, 0.1) is 11.0 Å². The first kappa shape index (κ1) is 15.0. The van der Waals surface area contributed by atoms with Gasteiger partial charge in [0, 0.05) is 6.54 Å². The van der Waals surface area contributed by atoms with E-state index in [0.717, 1.165) is 19.6 Å². The third-order valence-electron chi connectivity index (χ3n) is 3.21. The zero-order valence-electron chi connectivity index (χ0n) is 11.5. The van der Waals surface area contributed by atoms with Crippen molar-refractivity contribution in [2.24, 2.45) is 5.73 Å². The third kappa shape index (κ3) is 4.32. The molecule has 1 aliphatic heterocycles. The average Bonchev–Trinajstić information content (AvgIpc) is 2.92. The molecular weight excluding hydrogens is 278 g/mol. The minimum absolute atomic E-state index is 0.195. The molecule has 1 heterocycles. The second-order valence-electron chi connectivity index (χ2n) is 4.70. The number of nitro benzene ring substituents is 1. The number of nitrogens with two attached hydrogens (primary N) is 1. The van der Waals surface area contributed by atoms with Gasteiger partial charge in [-0.05, 0) is 38.1 Å². The van der Waals surface area contributed by atoms with Crippen molar-refractivity contribution in [3.63, 3.8) is 0 Å². The second kappa shape index (κ2) is 6.89. The largest absolute Gasteiger partial charge is 0.492 e. The monoisotopic (exact) mass is 295 g/mol. The summed E-state index contributed by atoms with van der Waals surface area (Å²) in [6.07, 6.45) is 1.30. The fraction of sp³-hybridized carbons (Fsp3) is 0.462. The number of nitro groups is 1. The Hall–Kier alpha value is -2.35. The van der Waals surface area contributed by atoms with E-state index in [2.05, 4.69) is 9.64 Å². The van der Waals surface area contributed by atoms with Crippen molar-refractivity contribution in [1.29, 1.82) is 0 Å². The van der Waals surface area contributed by atoms with Gasteiger partial charge in [0.2, 0.25) is 5.75 Å². The van der Waals surface area contributed by atoms with E-state index in [0.29, 0.717) is 12.4 Å². The van der Waals surface area contributed by atoms with Gasteiger partial charge in [0.1, 0.15) is 12.4 Å². The van der Waals surface area contributed by atoms with Crippen LogP contribution in [0.25, 0.3) is 0 Å². The number of ether oxygens (including phenoxy) is 2. The van der Waals surface area contributed by atoms with E-state index in [4.69, 9.17) is 10.5 Å². The molecule has 0 atom stereocenters. The van der Waals surface area contributed by atoms with Crippen LogP contribution < -0.4 is 15.2 Å². The summed E-state index contributed by atoms with van der Waals surface area (Å²) < 4.78 is 10.1. The van der Waals surface area contributed by atoms with Crippen molar-refractivity contribution in [1.82, 2.24) is 4.90 Å². The van der Waals surface area contributed by atoms with Crippen LogP contribution in [0.3, 0.4) is 0 Å². The van der Waals surface area contributed by atoms with Gasteiger partial charge in [-0.15, -0.1) is 0 Å². The summed E-state index contributed by atoms with van der Waals surface area (Å²) in [6.45, 7) is 3.37. The topological polar surface area (TPSA) is 108 Å². The molecule has 8 nitrogen and oxygen atoms in total. The van der Waals surface area contributed by atoms with Crippen molar-refractivity contribution in [2.75, 3.05) is 26.2 Å². The minimum Gasteiger partial charge on any atom is -0.492 e. The van der Waals surface area contributed by atoms with Crippen molar-refractivity contribution < 1.29 is 19.2 Å². The van der Waals surface area contributed by atoms with Crippen molar-refractivity contribution >= 4 is 11.8 Å². The molecule has 1 aromatic rings. The molecule has 2 rings (SSSR count). The van der Waals surface area contributed by atoms with Gasteiger partial charge in [0.25, 0.3) is 0 Å². The van der Waals surface area contributed by atoms with E-state index in [1.54, 1.807) is 0 Å². The maximum Gasteiger partial charge on any atom is 0.410 e. The Morgan fingerprint density at radius 2 is 2.10 bits per heavy atom. The molecule has 0 radical (unpaired) electrons. The molecule has 0 aliphatic carbocycles. The molecule has 8 heteroatoms. The van der Waals surface area contributed by atoms with Crippen LogP contribution in [0.15, 0.2) is 18.2 Å². The Kier molecular flexibility index (Phi) is 4.94. The smallest absolute Gasteiger partial charge is 0.410 e. The van der Waals surface area contributed by atoms with Crippen LogP contribution >= 0.6 is 0 Å². The van der Waals surface area contributed by atoms with Crippen LogP contribution in [0.2, 0.25) is 0 Å². The lowest BCUT2D eigenvalue weighted by molar-refractivity contribution is -0.385. The molecule has 114 valence electrons. The summed E-state index contributed by atoms with van der Waals surface area (Å²) in [6, 6.07) is 4.03. The first-order chi connectivity index (χ1) is 10.1. The van der Waals surface area contributed by atoms with Gasteiger partial charge in [-0.3, -0.25) is 15.0 Å². The number of hydrogen-bond acceptors (Lipinski definition) is 6.